The summed E-state index contributed by atoms with van der Waals surface area (Å²) in [5.74, 6) is 7.76. The minimum Gasteiger partial charge on any atom is -0.356 e. The lowest BCUT2D eigenvalue weighted by Crippen LogP contribution is -2.69. The van der Waals surface area contributed by atoms with Crippen molar-refractivity contribution in [2.24, 2.45) is 10.8 Å². The van der Waals surface area contributed by atoms with Crippen LogP contribution in [0.1, 0.15) is 71.1 Å². The average Bonchev–Trinajstić information content (AvgIpc) is 3.85. The van der Waals surface area contributed by atoms with Crippen LogP contribution in [0, 0.1) is 49.4 Å². The van der Waals surface area contributed by atoms with Crippen LogP contribution in [0.3, 0.4) is 0 Å². The van der Waals surface area contributed by atoms with Crippen LogP contribution < -0.4 is 9.80 Å². The molecule has 2 unspecified atom stereocenters. The number of rotatable bonds is 10. The molecule has 4 fully saturated rings. The fraction of sp³-hybridized carbons (Fsp3) is 0.383. The summed E-state index contributed by atoms with van der Waals surface area (Å²) in [6, 6.07) is 16.4. The SMILES string of the molecule is C#Cc1ccc(C(C(=O)C(c2ccc(C#C)c(C)c2)N2CC3(CC(N(C)c4ncnc5[nH]ccc45)C3)C2)N2CC3(CC(N(C)c4ncnc5[nH]ccc45)C3)C2)cc1C. The molecule has 0 bridgehead atoms. The Balaban J connectivity index is 0.906. The number of aromatic nitrogens is 6. The van der Waals surface area contributed by atoms with E-state index in [0.29, 0.717) is 12.1 Å². The maximum atomic E-state index is 15.6. The highest BCUT2D eigenvalue weighted by molar-refractivity contribution is 5.92. The lowest BCUT2D eigenvalue weighted by atomic mass is 9.59. The highest BCUT2D eigenvalue weighted by Crippen LogP contribution is 2.56. The van der Waals surface area contributed by atoms with E-state index in [-0.39, 0.29) is 16.6 Å². The van der Waals surface area contributed by atoms with Crippen LogP contribution in [0.2, 0.25) is 0 Å². The molecule has 2 aromatic carbocycles. The summed E-state index contributed by atoms with van der Waals surface area (Å²) < 4.78 is 0. The molecule has 2 atom stereocenters. The monoisotopic (exact) mass is 768 g/mol. The summed E-state index contributed by atoms with van der Waals surface area (Å²) in [7, 11) is 4.28. The number of terminal acetylenes is 2. The van der Waals surface area contributed by atoms with Gasteiger partial charge in [0, 0.05) is 75.9 Å². The van der Waals surface area contributed by atoms with Gasteiger partial charge < -0.3 is 19.8 Å². The van der Waals surface area contributed by atoms with E-state index in [9.17, 15) is 0 Å². The van der Waals surface area contributed by atoms with Gasteiger partial charge in [0.15, 0.2) is 5.78 Å². The molecular weight excluding hydrogens is 721 g/mol. The summed E-state index contributed by atoms with van der Waals surface area (Å²) in [6.07, 6.45) is 23.1. The molecule has 10 rings (SSSR count). The van der Waals surface area contributed by atoms with E-state index < -0.39 is 12.1 Å². The van der Waals surface area contributed by atoms with Gasteiger partial charge in [-0.05, 0) is 96.9 Å². The van der Waals surface area contributed by atoms with E-state index in [1.54, 1.807) is 12.7 Å². The normalized spacial score (nSPS) is 19.8. The molecule has 6 aromatic rings. The zero-order valence-corrected chi connectivity index (χ0v) is 33.5. The van der Waals surface area contributed by atoms with Crippen molar-refractivity contribution >= 4 is 39.5 Å². The third-order valence-corrected chi connectivity index (χ3v) is 14.0. The van der Waals surface area contributed by atoms with E-state index in [4.69, 9.17) is 12.8 Å². The molecule has 2 saturated carbocycles. The average molecular weight is 769 g/mol. The van der Waals surface area contributed by atoms with Crippen LogP contribution in [-0.4, -0.2) is 97.8 Å². The zero-order valence-electron chi connectivity index (χ0n) is 33.5. The van der Waals surface area contributed by atoms with Crippen molar-refractivity contribution in [3.63, 3.8) is 0 Å². The number of hydrogen-bond donors (Lipinski definition) is 2. The topological polar surface area (TPSA) is 113 Å². The molecule has 2 aliphatic heterocycles. The maximum absolute atomic E-state index is 15.6. The number of carbonyl (C=O) groups is 1. The number of nitrogens with zero attached hydrogens (tertiary/aromatic N) is 8. The van der Waals surface area contributed by atoms with Gasteiger partial charge in [-0.1, -0.05) is 36.1 Å². The van der Waals surface area contributed by atoms with Gasteiger partial charge in [-0.2, -0.15) is 0 Å². The van der Waals surface area contributed by atoms with Crippen LogP contribution in [0.4, 0.5) is 11.6 Å². The standard InChI is InChI=1S/C47H48N10O/c1-7-31-9-11-33(17-29(31)3)39(56-23-46(24-56)19-35(20-46)54(5)44-37-13-15-48-42(37)50-27-52-44)41(58)40(34-12-10-32(8-2)30(4)18-34)57-25-47(26-57)21-36(22-47)55(6)45-38-14-16-49-43(38)51-28-53-45/h1-2,9-18,27-28,35-36,39-40H,19-26H2,3-6H3,(H,48,50,52)(H,49,51,53). The molecule has 2 N–H and O–H groups in total. The quantitative estimate of drug-likeness (QED) is 0.154. The molecule has 292 valence electrons. The van der Waals surface area contributed by atoms with Crippen molar-refractivity contribution in [2.45, 2.75) is 63.7 Å². The number of aromatic amines is 2. The Kier molecular flexibility index (Phi) is 8.49. The molecule has 58 heavy (non-hydrogen) atoms. The molecule has 11 heteroatoms. The third-order valence-electron chi connectivity index (χ3n) is 14.0. The van der Waals surface area contributed by atoms with E-state index >= 15 is 4.79 Å². The molecule has 4 aliphatic rings. The molecule has 0 radical (unpaired) electrons. The van der Waals surface area contributed by atoms with Crippen LogP contribution in [0.15, 0.2) is 73.6 Å². The molecular formula is C47H48N10O. The first-order valence-corrected chi connectivity index (χ1v) is 20.3. The summed E-state index contributed by atoms with van der Waals surface area (Å²) in [4.78, 5) is 49.5. The molecule has 2 spiro atoms. The molecule has 2 aliphatic carbocycles. The summed E-state index contributed by atoms with van der Waals surface area (Å²) in [5.41, 5.74) is 7.77. The lowest BCUT2D eigenvalue weighted by molar-refractivity contribution is -0.153. The van der Waals surface area contributed by atoms with Crippen LogP contribution in [-0.2, 0) is 4.79 Å². The molecule has 2 saturated heterocycles. The minimum absolute atomic E-state index is 0.166. The van der Waals surface area contributed by atoms with Gasteiger partial charge in [0.25, 0.3) is 0 Å². The van der Waals surface area contributed by atoms with Gasteiger partial charge in [-0.25, -0.2) is 19.9 Å². The molecule has 11 nitrogen and oxygen atoms in total. The first kappa shape index (κ1) is 36.3. The third kappa shape index (κ3) is 5.79. The van der Waals surface area contributed by atoms with Gasteiger partial charge in [0.05, 0.1) is 22.9 Å². The van der Waals surface area contributed by atoms with Crippen molar-refractivity contribution in [3.8, 4) is 24.7 Å². The van der Waals surface area contributed by atoms with Gasteiger partial charge >= 0.3 is 0 Å². The number of carbonyl (C=O) groups excluding carboxylic acids is 1. The Labute approximate surface area is 339 Å². The number of fused-ring (bicyclic) bond motifs is 2. The fourth-order valence-corrected chi connectivity index (χ4v) is 10.9. The first-order valence-electron chi connectivity index (χ1n) is 20.3. The number of anilines is 2. The number of aryl methyl sites for hydroxylation is 2. The van der Waals surface area contributed by atoms with Crippen molar-refractivity contribution in [1.29, 1.82) is 0 Å². The van der Waals surface area contributed by atoms with E-state index in [1.807, 2.05) is 50.5 Å². The number of Topliss-reactive ketones (excluding diaryl/α,β-unsaturated/α-hetero) is 1. The Morgan fingerprint density at radius 2 is 1.10 bits per heavy atom. The van der Waals surface area contributed by atoms with Gasteiger partial charge in [-0.15, -0.1) is 12.8 Å². The Morgan fingerprint density at radius 3 is 1.48 bits per heavy atom. The zero-order chi connectivity index (χ0) is 39.9. The highest BCUT2D eigenvalue weighted by Gasteiger charge is 2.59. The maximum Gasteiger partial charge on any atom is 0.176 e. The van der Waals surface area contributed by atoms with E-state index in [0.717, 1.165) is 119 Å². The van der Waals surface area contributed by atoms with Gasteiger partial charge in [-0.3, -0.25) is 14.6 Å². The van der Waals surface area contributed by atoms with Gasteiger partial charge in [0.2, 0.25) is 0 Å². The summed E-state index contributed by atoms with van der Waals surface area (Å²) in [6.45, 7) is 7.55. The van der Waals surface area contributed by atoms with Crippen LogP contribution in [0.5, 0.6) is 0 Å². The molecule has 0 amide bonds. The Bertz CT molecular complexity index is 2470. The second kappa shape index (κ2) is 13.5. The number of hydrogen-bond acceptors (Lipinski definition) is 9. The number of ketones is 1. The van der Waals surface area contributed by atoms with Crippen molar-refractivity contribution in [3.05, 3.63) is 107 Å². The number of nitrogens with one attached hydrogen (secondary N) is 2. The Morgan fingerprint density at radius 1 is 0.690 bits per heavy atom. The predicted molar refractivity (Wildman–Crippen MR) is 227 cm³/mol. The minimum atomic E-state index is -0.412. The molecule has 6 heterocycles. The smallest absolute Gasteiger partial charge is 0.176 e. The fourth-order valence-electron chi connectivity index (χ4n) is 10.9. The van der Waals surface area contributed by atoms with Crippen molar-refractivity contribution in [1.82, 2.24) is 39.7 Å². The lowest BCUT2D eigenvalue weighted by Gasteiger charge is -2.64. The summed E-state index contributed by atoms with van der Waals surface area (Å²) in [5, 5.41) is 2.07. The number of benzene rings is 2. The van der Waals surface area contributed by atoms with Crippen LogP contribution in [0.25, 0.3) is 22.1 Å². The predicted octanol–water partition coefficient (Wildman–Crippen LogP) is 6.36. The number of H-pyrrole nitrogens is 2. The van der Waals surface area contributed by atoms with Gasteiger partial charge in [0.1, 0.15) is 35.6 Å². The van der Waals surface area contributed by atoms with E-state index in [1.165, 1.54) is 0 Å². The van der Waals surface area contributed by atoms with E-state index in [2.05, 4.69) is 99.7 Å². The number of likely N-dealkylation sites (tertiary alicyclic amines) is 2. The second-order valence-corrected chi connectivity index (χ2v) is 17.7. The Hall–Kier alpha value is -6.01. The first-order chi connectivity index (χ1) is 28.1. The van der Waals surface area contributed by atoms with Crippen LogP contribution >= 0.6 is 0 Å². The van der Waals surface area contributed by atoms with Crippen molar-refractivity contribution in [2.75, 3.05) is 50.1 Å². The van der Waals surface area contributed by atoms with Crippen molar-refractivity contribution < 1.29 is 4.79 Å². The second-order valence-electron chi connectivity index (χ2n) is 17.7. The summed E-state index contributed by atoms with van der Waals surface area (Å²) >= 11 is 0. The molecule has 4 aromatic heterocycles. The largest absolute Gasteiger partial charge is 0.356 e. The highest BCUT2D eigenvalue weighted by atomic mass is 16.1.